The number of esters is 1. The molecule has 7 heteroatoms. The molecule has 0 unspecified atom stereocenters. The van der Waals surface area contributed by atoms with Gasteiger partial charge in [0.05, 0.1) is 0 Å². The van der Waals surface area contributed by atoms with Gasteiger partial charge in [0.15, 0.2) is 18.1 Å². The molecule has 0 atom stereocenters. The molecule has 0 fully saturated rings. The van der Waals surface area contributed by atoms with Gasteiger partial charge in [0.2, 0.25) is 0 Å². The summed E-state index contributed by atoms with van der Waals surface area (Å²) in [5, 5.41) is 4.74. The predicted octanol–water partition coefficient (Wildman–Crippen LogP) is 2.01. The number of nitrogen functional groups attached to an aromatic ring is 1. The molecule has 1 amide bonds. The third-order valence-corrected chi connectivity index (χ3v) is 3.29. The summed E-state index contributed by atoms with van der Waals surface area (Å²) in [5.41, 5.74) is 6.03. The molecule has 0 radical (unpaired) electrons. The van der Waals surface area contributed by atoms with Gasteiger partial charge in [-0.3, -0.25) is 4.79 Å². The number of hydrogen-bond acceptors (Lipinski definition) is 6. The summed E-state index contributed by atoms with van der Waals surface area (Å²) in [6, 6.07) is 13.3. The van der Waals surface area contributed by atoms with Gasteiger partial charge in [-0.15, -0.1) is 0 Å². The number of carbonyl (C=O) groups excluding carboxylic acids is 2. The van der Waals surface area contributed by atoms with Crippen LogP contribution in [0.15, 0.2) is 54.9 Å². The summed E-state index contributed by atoms with van der Waals surface area (Å²) in [6.45, 7) is -0.443. The molecular weight excluding hydrogens is 308 g/mol. The molecule has 2 aromatic carbocycles. The highest BCUT2D eigenvalue weighted by molar-refractivity contribution is 5.97. The molecule has 0 spiro atoms. The van der Waals surface area contributed by atoms with Gasteiger partial charge in [-0.05, 0) is 22.9 Å². The highest BCUT2D eigenvalue weighted by Crippen LogP contribution is 2.18. The van der Waals surface area contributed by atoms with Crippen LogP contribution < -0.4 is 11.1 Å². The first-order chi connectivity index (χ1) is 11.6. The van der Waals surface area contributed by atoms with Crippen LogP contribution in [-0.2, 0) is 9.53 Å². The first-order valence-corrected chi connectivity index (χ1v) is 7.16. The number of fused-ring (bicyclic) bond motifs is 1. The summed E-state index contributed by atoms with van der Waals surface area (Å²) in [6.07, 6.45) is 2.68. The van der Waals surface area contributed by atoms with Crippen molar-refractivity contribution in [2.24, 2.45) is 0 Å². The Balaban J connectivity index is 1.61. The number of ether oxygens (including phenoxy) is 1. The van der Waals surface area contributed by atoms with E-state index in [0.29, 0.717) is 5.69 Å². The van der Waals surface area contributed by atoms with Crippen molar-refractivity contribution in [2.75, 3.05) is 17.7 Å². The molecule has 0 aliphatic carbocycles. The van der Waals surface area contributed by atoms with E-state index < -0.39 is 18.5 Å². The number of anilines is 2. The van der Waals surface area contributed by atoms with Crippen LogP contribution in [0.2, 0.25) is 0 Å². The molecule has 3 aromatic rings. The maximum absolute atomic E-state index is 11.9. The standard InChI is InChI=1S/C17H14N4O3/c18-16-15(19-7-8-20-16)17(23)24-10-14(22)21-13-6-5-11-3-1-2-4-12(11)9-13/h1-9H,10H2,(H2,18,20)(H,21,22). The van der Waals surface area contributed by atoms with Crippen molar-refractivity contribution in [2.45, 2.75) is 0 Å². The summed E-state index contributed by atoms with van der Waals surface area (Å²) < 4.78 is 4.90. The van der Waals surface area contributed by atoms with Crippen LogP contribution in [0.1, 0.15) is 10.5 Å². The van der Waals surface area contributed by atoms with Crippen molar-refractivity contribution in [3.63, 3.8) is 0 Å². The lowest BCUT2D eigenvalue weighted by Gasteiger charge is -2.08. The molecule has 24 heavy (non-hydrogen) atoms. The number of benzene rings is 2. The van der Waals surface area contributed by atoms with E-state index in [1.54, 1.807) is 6.07 Å². The minimum atomic E-state index is -0.797. The lowest BCUT2D eigenvalue weighted by molar-refractivity contribution is -0.119. The second-order valence-electron chi connectivity index (χ2n) is 4.98. The van der Waals surface area contributed by atoms with Gasteiger partial charge < -0.3 is 15.8 Å². The molecule has 0 saturated carbocycles. The molecule has 0 aliphatic rings. The van der Waals surface area contributed by atoms with Crippen molar-refractivity contribution < 1.29 is 14.3 Å². The van der Waals surface area contributed by atoms with Gasteiger partial charge in [-0.2, -0.15) is 0 Å². The van der Waals surface area contributed by atoms with Crippen LogP contribution in [0.4, 0.5) is 11.5 Å². The van der Waals surface area contributed by atoms with Gasteiger partial charge >= 0.3 is 5.97 Å². The lowest BCUT2D eigenvalue weighted by atomic mass is 10.1. The summed E-state index contributed by atoms with van der Waals surface area (Å²) >= 11 is 0. The van der Waals surface area contributed by atoms with Crippen molar-refractivity contribution >= 4 is 34.2 Å². The normalized spacial score (nSPS) is 10.3. The number of nitrogens with zero attached hydrogens (tertiary/aromatic N) is 2. The Morgan fingerprint density at radius 3 is 2.58 bits per heavy atom. The Morgan fingerprint density at radius 2 is 1.79 bits per heavy atom. The van der Waals surface area contributed by atoms with E-state index in [1.165, 1.54) is 12.4 Å². The zero-order valence-electron chi connectivity index (χ0n) is 12.6. The monoisotopic (exact) mass is 322 g/mol. The Kier molecular flexibility index (Phi) is 4.33. The first-order valence-electron chi connectivity index (χ1n) is 7.16. The molecule has 1 aromatic heterocycles. The average molecular weight is 322 g/mol. The second-order valence-corrected chi connectivity index (χ2v) is 4.98. The molecular formula is C17H14N4O3. The fraction of sp³-hybridized carbons (Fsp3) is 0.0588. The topological polar surface area (TPSA) is 107 Å². The van der Waals surface area contributed by atoms with Gasteiger partial charge in [-0.1, -0.05) is 30.3 Å². The number of rotatable bonds is 4. The highest BCUT2D eigenvalue weighted by atomic mass is 16.5. The van der Waals surface area contributed by atoms with Crippen LogP contribution >= 0.6 is 0 Å². The maximum Gasteiger partial charge on any atom is 0.361 e. The largest absolute Gasteiger partial charge is 0.451 e. The van der Waals surface area contributed by atoms with E-state index in [4.69, 9.17) is 10.5 Å². The number of carbonyl (C=O) groups is 2. The Labute approximate surface area is 137 Å². The average Bonchev–Trinajstić information content (AvgIpc) is 2.60. The second kappa shape index (κ2) is 6.74. The molecule has 1 heterocycles. The van der Waals surface area contributed by atoms with Crippen LogP contribution in [-0.4, -0.2) is 28.5 Å². The van der Waals surface area contributed by atoms with E-state index in [2.05, 4.69) is 15.3 Å². The van der Waals surface area contributed by atoms with E-state index >= 15 is 0 Å². The number of nitrogens with one attached hydrogen (secondary N) is 1. The van der Waals surface area contributed by atoms with Crippen LogP contribution in [0.3, 0.4) is 0 Å². The minimum Gasteiger partial charge on any atom is -0.451 e. The van der Waals surface area contributed by atoms with Gasteiger partial charge in [0.25, 0.3) is 5.91 Å². The quantitative estimate of drug-likeness (QED) is 0.711. The SMILES string of the molecule is Nc1nccnc1C(=O)OCC(=O)Nc1ccc2ccccc2c1. The van der Waals surface area contributed by atoms with Crippen molar-refractivity contribution in [3.05, 3.63) is 60.6 Å². The Bertz CT molecular complexity index is 911. The van der Waals surface area contributed by atoms with Crippen LogP contribution in [0, 0.1) is 0 Å². The fourth-order valence-corrected chi connectivity index (χ4v) is 2.17. The van der Waals surface area contributed by atoms with Crippen molar-refractivity contribution in [1.82, 2.24) is 9.97 Å². The third-order valence-electron chi connectivity index (χ3n) is 3.29. The maximum atomic E-state index is 11.9. The number of aromatic nitrogens is 2. The van der Waals surface area contributed by atoms with Crippen molar-refractivity contribution in [3.8, 4) is 0 Å². The molecule has 0 bridgehead atoms. The minimum absolute atomic E-state index is 0.0440. The van der Waals surface area contributed by atoms with Gasteiger partial charge in [0.1, 0.15) is 0 Å². The molecule has 0 saturated heterocycles. The zero-order valence-corrected chi connectivity index (χ0v) is 12.6. The van der Waals surface area contributed by atoms with E-state index in [0.717, 1.165) is 10.8 Å². The number of nitrogens with two attached hydrogens (primary N) is 1. The van der Waals surface area contributed by atoms with Crippen LogP contribution in [0.25, 0.3) is 10.8 Å². The summed E-state index contributed by atoms with van der Waals surface area (Å²) in [5.74, 6) is -1.30. The first kappa shape index (κ1) is 15.4. The molecule has 3 rings (SSSR count). The molecule has 120 valence electrons. The summed E-state index contributed by atoms with van der Waals surface area (Å²) in [7, 11) is 0. The molecule has 0 aliphatic heterocycles. The third kappa shape index (κ3) is 3.46. The molecule has 3 N–H and O–H groups in total. The van der Waals surface area contributed by atoms with Gasteiger partial charge in [-0.25, -0.2) is 14.8 Å². The van der Waals surface area contributed by atoms with E-state index in [-0.39, 0.29) is 11.5 Å². The zero-order chi connectivity index (χ0) is 16.9. The smallest absolute Gasteiger partial charge is 0.361 e. The fourth-order valence-electron chi connectivity index (χ4n) is 2.17. The number of amides is 1. The van der Waals surface area contributed by atoms with Crippen LogP contribution in [0.5, 0.6) is 0 Å². The Morgan fingerprint density at radius 1 is 1.04 bits per heavy atom. The van der Waals surface area contributed by atoms with Crippen molar-refractivity contribution in [1.29, 1.82) is 0 Å². The van der Waals surface area contributed by atoms with E-state index in [1.807, 2.05) is 36.4 Å². The van der Waals surface area contributed by atoms with Gasteiger partial charge in [0, 0.05) is 18.1 Å². The lowest BCUT2D eigenvalue weighted by Crippen LogP contribution is -2.22. The predicted molar refractivity (Wildman–Crippen MR) is 89.3 cm³/mol. The molecule has 7 nitrogen and oxygen atoms in total. The highest BCUT2D eigenvalue weighted by Gasteiger charge is 2.15. The van der Waals surface area contributed by atoms with E-state index in [9.17, 15) is 9.59 Å². The number of hydrogen-bond donors (Lipinski definition) is 2. The Hall–Kier alpha value is -3.48. The summed E-state index contributed by atoms with van der Waals surface area (Å²) in [4.78, 5) is 31.2.